The van der Waals surface area contributed by atoms with Crippen molar-refractivity contribution in [3.8, 4) is 11.1 Å². The molecule has 4 rings (SSSR count). The van der Waals surface area contributed by atoms with E-state index >= 15 is 0 Å². The second kappa shape index (κ2) is 6.48. The lowest BCUT2D eigenvalue weighted by atomic mass is 9.94. The second-order valence-electron chi connectivity index (χ2n) is 6.86. The maximum absolute atomic E-state index is 14.6. The number of fused-ring (bicyclic) bond motifs is 3. The number of aliphatic hydroxyl groups is 1. The van der Waals surface area contributed by atoms with E-state index in [-0.39, 0.29) is 0 Å². The number of rotatable bonds is 4. The van der Waals surface area contributed by atoms with Crippen LogP contribution in [0.25, 0.3) is 11.1 Å². The number of piperazine rings is 1. The molecule has 0 unspecified atom stereocenters. The van der Waals surface area contributed by atoms with Crippen LogP contribution < -0.4 is 5.32 Å². The van der Waals surface area contributed by atoms with Gasteiger partial charge in [0.2, 0.25) is 0 Å². The molecule has 2 N–H and O–H groups in total. The molecule has 0 saturated carbocycles. The first-order valence-corrected chi connectivity index (χ1v) is 8.75. The van der Waals surface area contributed by atoms with Crippen molar-refractivity contribution in [1.82, 2.24) is 10.2 Å². The Morgan fingerprint density at radius 3 is 2.52 bits per heavy atom. The maximum atomic E-state index is 14.6. The van der Waals surface area contributed by atoms with Crippen LogP contribution in [0.3, 0.4) is 0 Å². The normalized spacial score (nSPS) is 18.7. The van der Waals surface area contributed by atoms with Gasteiger partial charge in [-0.3, -0.25) is 4.90 Å². The molecular weight excluding hydrogens is 322 g/mol. The topological polar surface area (TPSA) is 35.5 Å². The Labute approximate surface area is 146 Å². The van der Waals surface area contributed by atoms with E-state index in [9.17, 15) is 13.9 Å². The number of benzene rings is 2. The molecular formula is C20H22F2N2O. The van der Waals surface area contributed by atoms with Gasteiger partial charge in [0.1, 0.15) is 12.6 Å². The zero-order valence-electron chi connectivity index (χ0n) is 14.0. The van der Waals surface area contributed by atoms with Crippen LogP contribution in [0.4, 0.5) is 8.78 Å². The minimum atomic E-state index is -3.17. The fourth-order valence-electron chi connectivity index (χ4n) is 4.08. The van der Waals surface area contributed by atoms with E-state index in [1.165, 1.54) is 11.1 Å². The first kappa shape index (κ1) is 16.6. The van der Waals surface area contributed by atoms with Crippen LogP contribution in [0.5, 0.6) is 0 Å². The Balaban J connectivity index is 1.72. The van der Waals surface area contributed by atoms with Crippen LogP contribution in [0.1, 0.15) is 22.7 Å². The van der Waals surface area contributed by atoms with Gasteiger partial charge in [-0.15, -0.1) is 0 Å². The molecule has 0 radical (unpaired) electrons. The first-order chi connectivity index (χ1) is 12.1. The molecule has 0 amide bonds. The molecule has 25 heavy (non-hydrogen) atoms. The van der Waals surface area contributed by atoms with Crippen molar-refractivity contribution in [2.24, 2.45) is 0 Å². The second-order valence-corrected chi connectivity index (χ2v) is 6.86. The summed E-state index contributed by atoms with van der Waals surface area (Å²) in [5.74, 6) is -3.17. The Morgan fingerprint density at radius 1 is 1.04 bits per heavy atom. The summed E-state index contributed by atoms with van der Waals surface area (Å²) in [5.41, 5.74) is 5.24. The summed E-state index contributed by atoms with van der Waals surface area (Å²) in [6, 6.07) is 12.8. The van der Waals surface area contributed by atoms with Crippen molar-refractivity contribution >= 4 is 0 Å². The van der Waals surface area contributed by atoms with Gasteiger partial charge in [-0.25, -0.2) is 8.78 Å². The van der Waals surface area contributed by atoms with Gasteiger partial charge in [-0.05, 0) is 34.2 Å². The molecule has 132 valence electrons. The van der Waals surface area contributed by atoms with Crippen LogP contribution in [0.15, 0.2) is 42.5 Å². The smallest absolute Gasteiger partial charge is 0.289 e. The largest absolute Gasteiger partial charge is 0.390 e. The van der Waals surface area contributed by atoms with E-state index in [0.717, 1.165) is 17.5 Å². The predicted octanol–water partition coefficient (Wildman–Crippen LogP) is 2.83. The average Bonchev–Trinajstić information content (AvgIpc) is 3.00. The number of hydrogen-bond acceptors (Lipinski definition) is 3. The van der Waals surface area contributed by atoms with Crippen molar-refractivity contribution < 1.29 is 13.9 Å². The molecule has 2 aromatic carbocycles. The lowest BCUT2D eigenvalue weighted by molar-refractivity contribution is -0.118. The lowest BCUT2D eigenvalue weighted by Gasteiger charge is -2.39. The summed E-state index contributed by atoms with van der Waals surface area (Å²) in [4.78, 5) is 1.79. The molecule has 0 aromatic heterocycles. The molecule has 2 aliphatic rings. The Kier molecular flexibility index (Phi) is 4.31. The summed E-state index contributed by atoms with van der Waals surface area (Å²) in [6.45, 7) is 1.34. The number of alkyl halides is 2. The molecule has 1 aliphatic carbocycles. The third-order valence-corrected chi connectivity index (χ3v) is 5.26. The van der Waals surface area contributed by atoms with Gasteiger partial charge in [0.15, 0.2) is 0 Å². The van der Waals surface area contributed by atoms with Crippen molar-refractivity contribution in [2.45, 2.75) is 18.4 Å². The fraction of sp³-hybridized carbons (Fsp3) is 0.400. The molecule has 3 nitrogen and oxygen atoms in total. The van der Waals surface area contributed by atoms with Crippen molar-refractivity contribution in [3.05, 3.63) is 59.2 Å². The van der Waals surface area contributed by atoms with Gasteiger partial charge < -0.3 is 10.4 Å². The molecule has 2 aromatic rings. The highest BCUT2D eigenvalue weighted by atomic mass is 19.3. The van der Waals surface area contributed by atoms with E-state index < -0.39 is 18.6 Å². The third kappa shape index (κ3) is 2.97. The van der Waals surface area contributed by atoms with Crippen LogP contribution in [0.2, 0.25) is 0 Å². The highest BCUT2D eigenvalue weighted by molar-refractivity contribution is 5.77. The zero-order valence-corrected chi connectivity index (χ0v) is 14.0. The van der Waals surface area contributed by atoms with E-state index in [0.29, 0.717) is 31.7 Å². The van der Waals surface area contributed by atoms with Crippen LogP contribution >= 0.6 is 0 Å². The summed E-state index contributed by atoms with van der Waals surface area (Å²) in [7, 11) is 0. The molecule has 1 heterocycles. The molecule has 1 aliphatic heterocycles. The molecule has 0 bridgehead atoms. The van der Waals surface area contributed by atoms with Gasteiger partial charge >= 0.3 is 0 Å². The number of aliphatic hydroxyl groups excluding tert-OH is 1. The average molecular weight is 344 g/mol. The van der Waals surface area contributed by atoms with E-state index in [1.54, 1.807) is 11.0 Å². The first-order valence-electron chi connectivity index (χ1n) is 8.75. The van der Waals surface area contributed by atoms with Crippen LogP contribution in [-0.4, -0.2) is 48.7 Å². The van der Waals surface area contributed by atoms with Gasteiger partial charge in [0.05, 0.1) is 0 Å². The SMILES string of the molecule is OCC(F)(F)[C@@H](c1ccc2c(c1)Cc1ccccc1-2)N1CCNCC1. The van der Waals surface area contributed by atoms with Crippen molar-refractivity contribution in [1.29, 1.82) is 0 Å². The van der Waals surface area contributed by atoms with Gasteiger partial charge in [-0.2, -0.15) is 0 Å². The zero-order chi connectivity index (χ0) is 17.4. The maximum Gasteiger partial charge on any atom is 0.289 e. The fourth-order valence-corrected chi connectivity index (χ4v) is 4.08. The monoisotopic (exact) mass is 344 g/mol. The Hall–Kier alpha value is -1.82. The highest BCUT2D eigenvalue weighted by Crippen LogP contribution is 2.41. The summed E-state index contributed by atoms with van der Waals surface area (Å²) in [5, 5.41) is 12.5. The predicted molar refractivity (Wildman–Crippen MR) is 93.9 cm³/mol. The van der Waals surface area contributed by atoms with E-state index in [2.05, 4.69) is 17.4 Å². The van der Waals surface area contributed by atoms with Gasteiger partial charge in [0.25, 0.3) is 5.92 Å². The van der Waals surface area contributed by atoms with Crippen LogP contribution in [-0.2, 0) is 6.42 Å². The number of halogens is 2. The minimum Gasteiger partial charge on any atom is -0.390 e. The highest BCUT2D eigenvalue weighted by Gasteiger charge is 2.44. The molecule has 5 heteroatoms. The van der Waals surface area contributed by atoms with Crippen molar-refractivity contribution in [2.75, 3.05) is 32.8 Å². The lowest BCUT2D eigenvalue weighted by Crippen LogP contribution is -2.51. The number of nitrogens with one attached hydrogen (secondary N) is 1. The standard InChI is InChI=1S/C20H22F2N2O/c21-20(22,13-25)19(24-9-7-23-8-10-24)15-5-6-18-16(12-15)11-14-3-1-2-4-17(14)18/h1-6,12,19,23,25H,7-11,13H2/t19-/m1/s1. The third-order valence-electron chi connectivity index (χ3n) is 5.26. The van der Waals surface area contributed by atoms with Gasteiger partial charge in [-0.1, -0.05) is 42.5 Å². The van der Waals surface area contributed by atoms with Gasteiger partial charge in [0, 0.05) is 26.2 Å². The summed E-state index contributed by atoms with van der Waals surface area (Å²) < 4.78 is 29.2. The quantitative estimate of drug-likeness (QED) is 0.764. The summed E-state index contributed by atoms with van der Waals surface area (Å²) >= 11 is 0. The Morgan fingerprint density at radius 2 is 1.76 bits per heavy atom. The Bertz CT molecular complexity index is 772. The summed E-state index contributed by atoms with van der Waals surface area (Å²) in [6.07, 6.45) is 0.776. The van der Waals surface area contributed by atoms with Crippen LogP contribution in [0, 0.1) is 0 Å². The molecule has 0 spiro atoms. The number of hydrogen-bond donors (Lipinski definition) is 2. The minimum absolute atomic E-state index is 0.553. The molecule has 1 saturated heterocycles. The van der Waals surface area contributed by atoms with Crippen molar-refractivity contribution in [3.63, 3.8) is 0 Å². The number of nitrogens with zero attached hydrogens (tertiary/aromatic N) is 1. The van der Waals surface area contributed by atoms with E-state index in [4.69, 9.17) is 0 Å². The molecule has 1 atom stereocenters. The molecule has 1 fully saturated rings. The van der Waals surface area contributed by atoms with E-state index in [1.807, 2.05) is 24.3 Å².